The van der Waals surface area contributed by atoms with E-state index in [1.54, 1.807) is 36.7 Å². The largest absolute Gasteiger partial charge is 0.493 e. The third kappa shape index (κ3) is 4.40. The average molecular weight is 398 g/mol. The lowest BCUT2D eigenvalue weighted by molar-refractivity contribution is 0.0927. The molecule has 0 spiro atoms. The number of aromatic amines is 1. The van der Waals surface area contributed by atoms with Crippen LogP contribution < -0.4 is 24.8 Å². The molecule has 0 aliphatic rings. The first-order valence-electron chi connectivity index (χ1n) is 8.87. The molecule has 1 heterocycles. The summed E-state index contributed by atoms with van der Waals surface area (Å²) in [5, 5.41) is 5.52. The van der Waals surface area contributed by atoms with Gasteiger partial charge in [0.25, 0.3) is 11.8 Å². The van der Waals surface area contributed by atoms with Gasteiger partial charge in [-0.3, -0.25) is 9.59 Å². The van der Waals surface area contributed by atoms with Crippen LogP contribution in [0.15, 0.2) is 36.7 Å². The zero-order valence-electron chi connectivity index (χ0n) is 16.4. The molecule has 0 atom stereocenters. The van der Waals surface area contributed by atoms with Crippen LogP contribution in [0.5, 0.6) is 17.2 Å². The van der Waals surface area contributed by atoms with E-state index in [1.165, 1.54) is 21.3 Å². The van der Waals surface area contributed by atoms with Crippen LogP contribution in [-0.2, 0) is 0 Å². The molecule has 0 unspecified atom stereocenters. The molecule has 0 saturated carbocycles. The molecule has 3 rings (SSSR count). The van der Waals surface area contributed by atoms with Crippen molar-refractivity contribution in [1.82, 2.24) is 20.6 Å². The predicted octanol–water partition coefficient (Wildman–Crippen LogP) is 1.75. The monoisotopic (exact) mass is 398 g/mol. The molecule has 2 aromatic carbocycles. The number of imidazole rings is 1. The minimum Gasteiger partial charge on any atom is -0.493 e. The van der Waals surface area contributed by atoms with Gasteiger partial charge in [-0.2, -0.15) is 0 Å². The smallest absolute Gasteiger partial charge is 0.251 e. The van der Waals surface area contributed by atoms with Crippen LogP contribution in [0.2, 0.25) is 0 Å². The highest BCUT2D eigenvalue weighted by molar-refractivity contribution is 5.97. The van der Waals surface area contributed by atoms with Crippen molar-refractivity contribution in [3.8, 4) is 17.2 Å². The van der Waals surface area contributed by atoms with Crippen LogP contribution in [0.3, 0.4) is 0 Å². The summed E-state index contributed by atoms with van der Waals surface area (Å²) in [5.74, 6) is 0.632. The van der Waals surface area contributed by atoms with Crippen molar-refractivity contribution >= 4 is 22.8 Å². The Labute approximate surface area is 167 Å². The van der Waals surface area contributed by atoms with Gasteiger partial charge < -0.3 is 29.8 Å². The Hall–Kier alpha value is -3.75. The highest BCUT2D eigenvalue weighted by atomic mass is 16.5. The quantitative estimate of drug-likeness (QED) is 0.498. The number of rotatable bonds is 8. The van der Waals surface area contributed by atoms with Crippen LogP contribution in [0.1, 0.15) is 20.7 Å². The summed E-state index contributed by atoms with van der Waals surface area (Å²) in [6.07, 6.45) is 1.57. The fraction of sp³-hybridized carbons (Fsp3) is 0.250. The Bertz CT molecular complexity index is 1010. The second-order valence-corrected chi connectivity index (χ2v) is 6.06. The summed E-state index contributed by atoms with van der Waals surface area (Å²) >= 11 is 0. The number of ether oxygens (including phenoxy) is 3. The van der Waals surface area contributed by atoms with Gasteiger partial charge in [-0.05, 0) is 30.3 Å². The molecule has 9 heteroatoms. The number of nitrogens with one attached hydrogen (secondary N) is 3. The maximum absolute atomic E-state index is 12.4. The third-order valence-electron chi connectivity index (χ3n) is 4.31. The predicted molar refractivity (Wildman–Crippen MR) is 107 cm³/mol. The van der Waals surface area contributed by atoms with Gasteiger partial charge in [0.05, 0.1) is 38.7 Å². The number of hydrogen-bond donors (Lipinski definition) is 3. The van der Waals surface area contributed by atoms with Crippen molar-refractivity contribution in [2.24, 2.45) is 0 Å². The Balaban J connectivity index is 1.56. The minimum atomic E-state index is -0.322. The van der Waals surface area contributed by atoms with Gasteiger partial charge in [-0.25, -0.2) is 4.98 Å². The SMILES string of the molecule is COc1cc(C(=O)NCCNC(=O)c2ccc3nc[nH]c3c2)cc(OC)c1OC. The lowest BCUT2D eigenvalue weighted by Gasteiger charge is -2.14. The third-order valence-corrected chi connectivity index (χ3v) is 4.31. The van der Waals surface area contributed by atoms with Crippen molar-refractivity contribution in [2.45, 2.75) is 0 Å². The van der Waals surface area contributed by atoms with E-state index >= 15 is 0 Å². The van der Waals surface area contributed by atoms with Crippen molar-refractivity contribution < 1.29 is 23.8 Å². The van der Waals surface area contributed by atoms with Crippen LogP contribution in [0.25, 0.3) is 11.0 Å². The second-order valence-electron chi connectivity index (χ2n) is 6.06. The summed E-state index contributed by atoms with van der Waals surface area (Å²) in [6, 6.07) is 8.33. The van der Waals surface area contributed by atoms with Crippen LogP contribution in [0, 0.1) is 0 Å². The normalized spacial score (nSPS) is 10.4. The standard InChI is InChI=1S/C20H22N4O5/c1-27-16-9-13(10-17(28-2)18(16)29-3)20(26)22-7-6-21-19(25)12-4-5-14-15(8-12)24-11-23-14/h4-5,8-11H,6-7H2,1-3H3,(H,21,25)(H,22,26)(H,23,24). The Morgan fingerprint density at radius 1 is 0.897 bits per heavy atom. The molecule has 0 saturated heterocycles. The molecule has 152 valence electrons. The van der Waals surface area contributed by atoms with Crippen molar-refractivity contribution in [1.29, 1.82) is 0 Å². The minimum absolute atomic E-state index is 0.233. The number of amides is 2. The summed E-state index contributed by atoms with van der Waals surface area (Å²) in [6.45, 7) is 0.531. The molecule has 9 nitrogen and oxygen atoms in total. The molecule has 1 aromatic heterocycles. The van der Waals surface area contributed by atoms with Crippen molar-refractivity contribution in [3.05, 3.63) is 47.8 Å². The highest BCUT2D eigenvalue weighted by Crippen LogP contribution is 2.38. The van der Waals surface area contributed by atoms with Crippen LogP contribution >= 0.6 is 0 Å². The molecule has 3 aromatic rings. The maximum atomic E-state index is 12.4. The second kappa shape index (κ2) is 8.96. The molecular formula is C20H22N4O5. The van der Waals surface area contributed by atoms with Crippen LogP contribution in [-0.4, -0.2) is 56.2 Å². The number of carbonyl (C=O) groups is 2. The van der Waals surface area contributed by atoms with Gasteiger partial charge in [-0.15, -0.1) is 0 Å². The summed E-state index contributed by atoms with van der Waals surface area (Å²) in [4.78, 5) is 31.8. The first kappa shape index (κ1) is 20.0. The van der Waals surface area contributed by atoms with Crippen LogP contribution in [0.4, 0.5) is 0 Å². The lowest BCUT2D eigenvalue weighted by Crippen LogP contribution is -2.34. The zero-order chi connectivity index (χ0) is 20.8. The average Bonchev–Trinajstić information content (AvgIpc) is 3.23. The molecule has 3 N–H and O–H groups in total. The van der Waals surface area contributed by atoms with E-state index in [2.05, 4.69) is 20.6 Å². The Kier molecular flexibility index (Phi) is 6.18. The van der Waals surface area contributed by atoms with E-state index in [0.717, 1.165) is 11.0 Å². The number of benzene rings is 2. The fourth-order valence-electron chi connectivity index (χ4n) is 2.85. The first-order chi connectivity index (χ1) is 14.1. The van der Waals surface area contributed by atoms with Gasteiger partial charge in [0.1, 0.15) is 0 Å². The van der Waals surface area contributed by atoms with E-state index < -0.39 is 0 Å². The molecule has 0 bridgehead atoms. The number of fused-ring (bicyclic) bond motifs is 1. The van der Waals surface area contributed by atoms with Gasteiger partial charge in [0.15, 0.2) is 11.5 Å². The van der Waals surface area contributed by atoms with Gasteiger partial charge >= 0.3 is 0 Å². The molecular weight excluding hydrogens is 376 g/mol. The van der Waals surface area contributed by atoms with Gasteiger partial charge in [0, 0.05) is 24.2 Å². The number of nitrogens with zero attached hydrogens (tertiary/aromatic N) is 1. The number of H-pyrrole nitrogens is 1. The van der Waals surface area contributed by atoms with Crippen molar-refractivity contribution in [3.63, 3.8) is 0 Å². The van der Waals surface area contributed by atoms with E-state index in [-0.39, 0.29) is 24.9 Å². The Morgan fingerprint density at radius 3 is 2.10 bits per heavy atom. The number of carbonyl (C=O) groups excluding carboxylic acids is 2. The summed E-state index contributed by atoms with van der Waals surface area (Å²) in [7, 11) is 4.46. The molecule has 0 radical (unpaired) electrons. The van der Waals surface area contributed by atoms with E-state index in [4.69, 9.17) is 14.2 Å². The number of hydrogen-bond acceptors (Lipinski definition) is 6. The Morgan fingerprint density at radius 2 is 1.52 bits per heavy atom. The lowest BCUT2D eigenvalue weighted by atomic mass is 10.1. The van der Waals surface area contributed by atoms with Gasteiger partial charge in [0.2, 0.25) is 5.75 Å². The van der Waals surface area contributed by atoms with E-state index in [1.807, 2.05) is 0 Å². The van der Waals surface area contributed by atoms with E-state index in [9.17, 15) is 9.59 Å². The number of aromatic nitrogens is 2. The maximum Gasteiger partial charge on any atom is 0.251 e. The topological polar surface area (TPSA) is 115 Å². The van der Waals surface area contributed by atoms with E-state index in [0.29, 0.717) is 28.4 Å². The zero-order valence-corrected chi connectivity index (χ0v) is 16.4. The molecule has 0 fully saturated rings. The molecule has 29 heavy (non-hydrogen) atoms. The van der Waals surface area contributed by atoms with Gasteiger partial charge in [-0.1, -0.05) is 0 Å². The summed E-state index contributed by atoms with van der Waals surface area (Å²) < 4.78 is 15.7. The fourth-order valence-corrected chi connectivity index (χ4v) is 2.85. The summed E-state index contributed by atoms with van der Waals surface area (Å²) in [5.41, 5.74) is 2.45. The first-order valence-corrected chi connectivity index (χ1v) is 8.87. The highest BCUT2D eigenvalue weighted by Gasteiger charge is 2.17. The molecule has 2 amide bonds. The van der Waals surface area contributed by atoms with Crippen molar-refractivity contribution in [2.75, 3.05) is 34.4 Å². The number of methoxy groups -OCH3 is 3. The molecule has 0 aliphatic carbocycles. The molecule has 0 aliphatic heterocycles.